The molecule has 1 aliphatic heterocycles. The number of nitrogens with one attached hydrogen (secondary N) is 1. The molecule has 1 aromatic carbocycles. The molecule has 3 aromatic heterocycles. The highest BCUT2D eigenvalue weighted by Crippen LogP contribution is 2.24. The van der Waals surface area contributed by atoms with E-state index in [-0.39, 0.29) is 35.8 Å². The Labute approximate surface area is 235 Å². The standard InChI is InChI=1S/C25H24ClF3N8O4/c26-17-5-3-15(4-6-17)22-34-36(24(40)35(22)12-19(38)25(27,28)29)13-20-31-14-37(33-20)18-2-1-9-30-21(18)32-23(39)16-7-10-41-11-8-16/h1-6,9,14,16,19,38H,7-8,10-13H2,(H,30,32,39)/t19-/m0/s1. The number of hydrogen-bond donors (Lipinski definition) is 2. The van der Waals surface area contributed by atoms with E-state index in [1.165, 1.54) is 41.5 Å². The third-order valence-electron chi connectivity index (χ3n) is 6.46. The maximum atomic E-state index is 13.1. The number of anilines is 1. The molecule has 1 aliphatic rings. The summed E-state index contributed by atoms with van der Waals surface area (Å²) >= 11 is 5.92. The number of carbonyl (C=O) groups excluding carboxylic acids is 1. The number of pyridine rings is 1. The number of carbonyl (C=O) groups is 1. The van der Waals surface area contributed by atoms with E-state index in [0.29, 0.717) is 42.3 Å². The number of ether oxygens (including phenoxy) is 1. The second-order valence-electron chi connectivity index (χ2n) is 9.29. The normalized spacial score (nSPS) is 15.1. The monoisotopic (exact) mass is 592 g/mol. The zero-order valence-electron chi connectivity index (χ0n) is 21.3. The molecule has 4 heterocycles. The van der Waals surface area contributed by atoms with E-state index in [1.807, 2.05) is 0 Å². The molecule has 0 unspecified atom stereocenters. The van der Waals surface area contributed by atoms with Crippen molar-refractivity contribution in [1.29, 1.82) is 0 Å². The van der Waals surface area contributed by atoms with Crippen LogP contribution in [0, 0.1) is 5.92 Å². The quantitative estimate of drug-likeness (QED) is 0.318. The SMILES string of the molecule is O=C(Nc1ncccc1-n1cnc(Cn2nc(-c3ccc(Cl)cc3)n(C[C@H](O)C(F)(F)F)c2=O)n1)C1CCOCC1. The van der Waals surface area contributed by atoms with Crippen molar-refractivity contribution in [2.75, 3.05) is 18.5 Å². The van der Waals surface area contributed by atoms with Crippen molar-refractivity contribution in [2.24, 2.45) is 5.92 Å². The second kappa shape index (κ2) is 11.8. The Balaban J connectivity index is 1.41. The molecule has 16 heteroatoms. The van der Waals surface area contributed by atoms with E-state index >= 15 is 0 Å². The molecule has 1 saturated heterocycles. The maximum absolute atomic E-state index is 13.1. The predicted octanol–water partition coefficient (Wildman–Crippen LogP) is 2.68. The van der Waals surface area contributed by atoms with Gasteiger partial charge in [0, 0.05) is 35.9 Å². The van der Waals surface area contributed by atoms with E-state index < -0.39 is 24.5 Å². The van der Waals surface area contributed by atoms with Crippen molar-refractivity contribution in [3.05, 3.63) is 70.3 Å². The van der Waals surface area contributed by atoms with Gasteiger partial charge in [-0.05, 0) is 49.2 Å². The first-order valence-electron chi connectivity index (χ1n) is 12.5. The van der Waals surface area contributed by atoms with Gasteiger partial charge < -0.3 is 15.2 Å². The second-order valence-corrected chi connectivity index (χ2v) is 9.73. The van der Waals surface area contributed by atoms with Gasteiger partial charge in [-0.1, -0.05) is 11.6 Å². The third-order valence-corrected chi connectivity index (χ3v) is 6.71. The van der Waals surface area contributed by atoms with Crippen LogP contribution >= 0.6 is 11.6 Å². The van der Waals surface area contributed by atoms with Gasteiger partial charge in [-0.25, -0.2) is 24.1 Å². The number of nitrogens with zero attached hydrogens (tertiary/aromatic N) is 7. The van der Waals surface area contributed by atoms with Crippen molar-refractivity contribution in [3.8, 4) is 17.1 Å². The summed E-state index contributed by atoms with van der Waals surface area (Å²) in [6, 6.07) is 9.31. The molecule has 1 fully saturated rings. The van der Waals surface area contributed by atoms with Gasteiger partial charge in [-0.2, -0.15) is 13.2 Å². The van der Waals surface area contributed by atoms with Gasteiger partial charge in [0.05, 0.1) is 6.54 Å². The van der Waals surface area contributed by atoms with Crippen LogP contribution in [-0.4, -0.2) is 70.6 Å². The Kier molecular flexibility index (Phi) is 8.19. The first-order chi connectivity index (χ1) is 19.6. The van der Waals surface area contributed by atoms with Crippen LogP contribution in [0.1, 0.15) is 18.7 Å². The Morgan fingerprint density at radius 2 is 1.88 bits per heavy atom. The van der Waals surface area contributed by atoms with Crippen molar-refractivity contribution in [2.45, 2.75) is 38.2 Å². The highest BCUT2D eigenvalue weighted by Gasteiger charge is 2.39. The number of amides is 1. The van der Waals surface area contributed by atoms with Gasteiger partial charge in [-0.3, -0.25) is 9.36 Å². The Morgan fingerprint density at radius 1 is 1.15 bits per heavy atom. The lowest BCUT2D eigenvalue weighted by atomic mass is 9.99. The zero-order valence-corrected chi connectivity index (χ0v) is 22.1. The number of benzene rings is 1. The average molecular weight is 593 g/mol. The summed E-state index contributed by atoms with van der Waals surface area (Å²) in [6.07, 6.45) is -3.67. The zero-order chi connectivity index (χ0) is 29.1. The molecule has 0 aliphatic carbocycles. The van der Waals surface area contributed by atoms with Crippen molar-refractivity contribution < 1.29 is 27.8 Å². The van der Waals surface area contributed by atoms with Crippen LogP contribution in [0.2, 0.25) is 5.02 Å². The molecule has 4 aromatic rings. The molecule has 2 N–H and O–H groups in total. The Bertz CT molecular complexity index is 1580. The van der Waals surface area contributed by atoms with Crippen LogP contribution in [0.5, 0.6) is 0 Å². The molecule has 41 heavy (non-hydrogen) atoms. The first-order valence-corrected chi connectivity index (χ1v) is 12.9. The molecule has 0 radical (unpaired) electrons. The Morgan fingerprint density at radius 3 is 2.59 bits per heavy atom. The average Bonchev–Trinajstić information content (AvgIpc) is 3.54. The van der Waals surface area contributed by atoms with Gasteiger partial charge in [0.2, 0.25) is 5.91 Å². The fraction of sp³-hybridized carbons (Fsp3) is 0.360. The van der Waals surface area contributed by atoms with Crippen LogP contribution in [-0.2, 0) is 22.6 Å². The summed E-state index contributed by atoms with van der Waals surface area (Å²) in [7, 11) is 0. The van der Waals surface area contributed by atoms with Crippen molar-refractivity contribution >= 4 is 23.3 Å². The van der Waals surface area contributed by atoms with E-state index in [1.54, 1.807) is 12.1 Å². The van der Waals surface area contributed by atoms with Gasteiger partial charge in [-0.15, -0.1) is 10.2 Å². The molecule has 0 saturated carbocycles. The predicted molar refractivity (Wildman–Crippen MR) is 139 cm³/mol. The largest absolute Gasteiger partial charge is 0.416 e. The summed E-state index contributed by atoms with van der Waals surface area (Å²) in [5, 5.41) is 21.4. The lowest BCUT2D eigenvalue weighted by Gasteiger charge is -2.21. The number of rotatable bonds is 8. The number of aliphatic hydroxyl groups is 1. The lowest BCUT2D eigenvalue weighted by molar-refractivity contribution is -0.207. The van der Waals surface area contributed by atoms with Gasteiger partial charge >= 0.3 is 11.9 Å². The van der Waals surface area contributed by atoms with E-state index in [2.05, 4.69) is 25.5 Å². The van der Waals surface area contributed by atoms with E-state index in [4.69, 9.17) is 16.3 Å². The van der Waals surface area contributed by atoms with Gasteiger partial charge in [0.1, 0.15) is 18.6 Å². The van der Waals surface area contributed by atoms with Crippen molar-refractivity contribution in [1.82, 2.24) is 34.1 Å². The molecular formula is C25H24ClF3N8O4. The summed E-state index contributed by atoms with van der Waals surface area (Å²) in [6.45, 7) is -0.340. The van der Waals surface area contributed by atoms with Gasteiger partial charge in [0.15, 0.2) is 23.6 Å². The van der Waals surface area contributed by atoms with Crippen LogP contribution < -0.4 is 11.0 Å². The topological polar surface area (TPSA) is 142 Å². The van der Waals surface area contributed by atoms with Gasteiger partial charge in [0.25, 0.3) is 0 Å². The smallest absolute Gasteiger partial charge is 0.382 e. The highest BCUT2D eigenvalue weighted by atomic mass is 35.5. The minimum absolute atomic E-state index is 0.0974. The molecular weight excluding hydrogens is 569 g/mol. The summed E-state index contributed by atoms with van der Waals surface area (Å²) in [5.41, 5.74) is -0.168. The third kappa shape index (κ3) is 6.47. The molecule has 5 rings (SSSR count). The van der Waals surface area contributed by atoms with E-state index in [9.17, 15) is 27.9 Å². The molecule has 12 nitrogen and oxygen atoms in total. The van der Waals surface area contributed by atoms with Crippen LogP contribution in [0.3, 0.4) is 0 Å². The van der Waals surface area contributed by atoms with Crippen LogP contribution in [0.15, 0.2) is 53.7 Å². The van der Waals surface area contributed by atoms with Crippen molar-refractivity contribution in [3.63, 3.8) is 0 Å². The summed E-state index contributed by atoms with van der Waals surface area (Å²) < 4.78 is 47.7. The highest BCUT2D eigenvalue weighted by molar-refractivity contribution is 6.30. The number of aromatic nitrogens is 7. The maximum Gasteiger partial charge on any atom is 0.416 e. The lowest BCUT2D eigenvalue weighted by Crippen LogP contribution is -2.37. The summed E-state index contributed by atoms with van der Waals surface area (Å²) in [5.74, 6) is -0.131. The fourth-order valence-corrected chi connectivity index (χ4v) is 4.40. The van der Waals surface area contributed by atoms with Crippen LogP contribution in [0.25, 0.3) is 17.1 Å². The number of halogens is 4. The molecule has 1 amide bonds. The van der Waals surface area contributed by atoms with E-state index in [0.717, 1.165) is 9.25 Å². The number of hydrogen-bond acceptors (Lipinski definition) is 8. The molecule has 1 atom stereocenters. The Hall–Kier alpha value is -4.08. The summed E-state index contributed by atoms with van der Waals surface area (Å²) in [4.78, 5) is 34.3. The number of alkyl halides is 3. The fourth-order valence-electron chi connectivity index (χ4n) is 4.27. The number of aliphatic hydroxyl groups excluding tert-OH is 1. The van der Waals surface area contributed by atoms with Crippen LogP contribution in [0.4, 0.5) is 19.0 Å². The molecule has 0 spiro atoms. The molecule has 0 bridgehead atoms. The minimum Gasteiger partial charge on any atom is -0.382 e. The minimum atomic E-state index is -4.94. The first kappa shape index (κ1) is 28.4. The molecule has 216 valence electrons.